The van der Waals surface area contributed by atoms with Crippen LogP contribution in [0.15, 0.2) is 12.1 Å². The van der Waals surface area contributed by atoms with E-state index < -0.39 is 0 Å². The van der Waals surface area contributed by atoms with E-state index in [0.29, 0.717) is 6.54 Å². The average Bonchev–Trinajstić information content (AvgIpc) is 2.16. The van der Waals surface area contributed by atoms with Crippen molar-refractivity contribution >= 4 is 11.6 Å². The van der Waals surface area contributed by atoms with Crippen molar-refractivity contribution in [1.29, 1.82) is 0 Å². The molecule has 0 atom stereocenters. The van der Waals surface area contributed by atoms with E-state index in [1.807, 2.05) is 19.1 Å². The maximum Gasteiger partial charge on any atom is 0.262 e. The van der Waals surface area contributed by atoms with Gasteiger partial charge in [0.05, 0.1) is 5.69 Å². The molecule has 74 valence electrons. The summed E-state index contributed by atoms with van der Waals surface area (Å²) in [5, 5.41) is 2.76. The Balaban J connectivity index is 2.48. The molecule has 1 aromatic carbocycles. The lowest BCUT2D eigenvalue weighted by Gasteiger charge is -2.20. The van der Waals surface area contributed by atoms with Gasteiger partial charge in [-0.05, 0) is 24.1 Å². The Labute approximate surface area is 82.1 Å². The molecule has 0 bridgehead atoms. The summed E-state index contributed by atoms with van der Waals surface area (Å²) in [5.74, 6) is 0.632. The van der Waals surface area contributed by atoms with E-state index in [4.69, 9.17) is 10.5 Å². The summed E-state index contributed by atoms with van der Waals surface area (Å²) >= 11 is 0. The van der Waals surface area contributed by atoms with Crippen LogP contribution >= 0.6 is 0 Å². The molecular weight excluding hydrogens is 180 g/mol. The molecule has 2 rings (SSSR count). The SMILES string of the molecule is Cc1cc(CN)cc2c1OCC(=O)N2. The van der Waals surface area contributed by atoms with Crippen LogP contribution in [-0.4, -0.2) is 12.5 Å². The Morgan fingerprint density at radius 2 is 2.36 bits per heavy atom. The van der Waals surface area contributed by atoms with Gasteiger partial charge in [-0.15, -0.1) is 0 Å². The summed E-state index contributed by atoms with van der Waals surface area (Å²) in [4.78, 5) is 11.1. The van der Waals surface area contributed by atoms with Gasteiger partial charge in [-0.1, -0.05) is 6.07 Å². The van der Waals surface area contributed by atoms with E-state index in [9.17, 15) is 4.79 Å². The molecule has 14 heavy (non-hydrogen) atoms. The van der Waals surface area contributed by atoms with Crippen LogP contribution in [0.5, 0.6) is 5.75 Å². The highest BCUT2D eigenvalue weighted by atomic mass is 16.5. The van der Waals surface area contributed by atoms with Crippen molar-refractivity contribution in [2.75, 3.05) is 11.9 Å². The smallest absolute Gasteiger partial charge is 0.262 e. The summed E-state index contributed by atoms with van der Waals surface area (Å²) in [6, 6.07) is 3.82. The first-order chi connectivity index (χ1) is 6.70. The van der Waals surface area contributed by atoms with Gasteiger partial charge in [0, 0.05) is 6.54 Å². The fourth-order valence-corrected chi connectivity index (χ4v) is 1.57. The molecule has 4 heteroatoms. The van der Waals surface area contributed by atoms with Crippen molar-refractivity contribution < 1.29 is 9.53 Å². The molecule has 4 nitrogen and oxygen atoms in total. The Kier molecular flexibility index (Phi) is 2.13. The van der Waals surface area contributed by atoms with Crippen LogP contribution in [0.3, 0.4) is 0 Å². The largest absolute Gasteiger partial charge is 0.481 e. The van der Waals surface area contributed by atoms with E-state index in [1.54, 1.807) is 0 Å². The minimum Gasteiger partial charge on any atom is -0.481 e. The van der Waals surface area contributed by atoms with Crippen LogP contribution in [0.1, 0.15) is 11.1 Å². The normalized spacial score (nSPS) is 14.3. The summed E-state index contributed by atoms with van der Waals surface area (Å²) in [5.41, 5.74) is 8.25. The minimum atomic E-state index is -0.119. The number of nitrogens with one attached hydrogen (secondary N) is 1. The molecule has 0 aliphatic carbocycles. The zero-order chi connectivity index (χ0) is 10.1. The number of fused-ring (bicyclic) bond motifs is 1. The number of ether oxygens (including phenoxy) is 1. The van der Waals surface area contributed by atoms with Crippen LogP contribution in [-0.2, 0) is 11.3 Å². The van der Waals surface area contributed by atoms with Crippen LogP contribution in [0, 0.1) is 6.92 Å². The van der Waals surface area contributed by atoms with Crippen LogP contribution in [0.4, 0.5) is 5.69 Å². The van der Waals surface area contributed by atoms with Crippen molar-refractivity contribution in [1.82, 2.24) is 0 Å². The zero-order valence-corrected chi connectivity index (χ0v) is 7.96. The summed E-state index contributed by atoms with van der Waals surface area (Å²) < 4.78 is 5.31. The predicted octanol–water partition coefficient (Wildman–Crippen LogP) is 0.785. The third kappa shape index (κ3) is 1.44. The van der Waals surface area contributed by atoms with E-state index >= 15 is 0 Å². The number of rotatable bonds is 1. The number of nitrogens with two attached hydrogens (primary N) is 1. The second-order valence-corrected chi connectivity index (χ2v) is 3.33. The summed E-state index contributed by atoms with van der Waals surface area (Å²) in [6.45, 7) is 2.50. The Hall–Kier alpha value is -1.55. The van der Waals surface area contributed by atoms with Gasteiger partial charge in [0.25, 0.3) is 5.91 Å². The summed E-state index contributed by atoms with van der Waals surface area (Å²) in [6.07, 6.45) is 0. The molecular formula is C10H12N2O2. The highest BCUT2D eigenvalue weighted by molar-refractivity contribution is 5.95. The Morgan fingerprint density at radius 1 is 1.57 bits per heavy atom. The molecule has 3 N–H and O–H groups in total. The van der Waals surface area contributed by atoms with Crippen molar-refractivity contribution in [2.24, 2.45) is 5.73 Å². The number of hydrogen-bond donors (Lipinski definition) is 2. The van der Waals surface area contributed by atoms with Gasteiger partial charge >= 0.3 is 0 Å². The monoisotopic (exact) mass is 192 g/mol. The minimum absolute atomic E-state index is 0.0931. The topological polar surface area (TPSA) is 64.3 Å². The maximum absolute atomic E-state index is 11.1. The molecule has 0 unspecified atom stereocenters. The predicted molar refractivity (Wildman–Crippen MR) is 53.2 cm³/mol. The molecule has 0 spiro atoms. The van der Waals surface area contributed by atoms with Gasteiger partial charge in [0.2, 0.25) is 0 Å². The van der Waals surface area contributed by atoms with Gasteiger partial charge < -0.3 is 15.8 Å². The standard InChI is InChI=1S/C10H12N2O2/c1-6-2-7(4-11)3-8-10(6)14-5-9(13)12-8/h2-3H,4-5,11H2,1H3,(H,12,13). The number of carbonyl (C=O) groups is 1. The molecule has 0 saturated carbocycles. The third-order valence-electron chi connectivity index (χ3n) is 2.19. The molecule has 1 amide bonds. The van der Waals surface area contributed by atoms with Gasteiger partial charge in [0.15, 0.2) is 6.61 Å². The van der Waals surface area contributed by atoms with E-state index in [0.717, 1.165) is 22.6 Å². The summed E-state index contributed by atoms with van der Waals surface area (Å²) in [7, 11) is 0. The van der Waals surface area contributed by atoms with Crippen LogP contribution in [0.25, 0.3) is 0 Å². The number of amides is 1. The average molecular weight is 192 g/mol. The fourth-order valence-electron chi connectivity index (χ4n) is 1.57. The lowest BCUT2D eigenvalue weighted by Crippen LogP contribution is -2.26. The molecule has 1 aliphatic rings. The molecule has 0 saturated heterocycles. The lowest BCUT2D eigenvalue weighted by atomic mass is 10.1. The first-order valence-electron chi connectivity index (χ1n) is 4.47. The third-order valence-corrected chi connectivity index (χ3v) is 2.19. The molecule has 0 radical (unpaired) electrons. The van der Waals surface area contributed by atoms with Crippen molar-refractivity contribution in [2.45, 2.75) is 13.5 Å². The number of anilines is 1. The molecule has 0 aromatic heterocycles. The number of hydrogen-bond acceptors (Lipinski definition) is 3. The molecule has 0 fully saturated rings. The van der Waals surface area contributed by atoms with Gasteiger partial charge in [0.1, 0.15) is 5.75 Å². The second-order valence-electron chi connectivity index (χ2n) is 3.33. The molecule has 1 heterocycles. The first-order valence-corrected chi connectivity index (χ1v) is 4.47. The second kappa shape index (κ2) is 3.31. The van der Waals surface area contributed by atoms with Crippen LogP contribution in [0.2, 0.25) is 0 Å². The number of aryl methyl sites for hydroxylation is 1. The van der Waals surface area contributed by atoms with Crippen molar-refractivity contribution in [3.63, 3.8) is 0 Å². The zero-order valence-electron chi connectivity index (χ0n) is 7.96. The Bertz CT molecular complexity index is 388. The quantitative estimate of drug-likeness (QED) is 0.691. The van der Waals surface area contributed by atoms with E-state index in [2.05, 4.69) is 5.32 Å². The fraction of sp³-hybridized carbons (Fsp3) is 0.300. The van der Waals surface area contributed by atoms with Gasteiger partial charge in [-0.2, -0.15) is 0 Å². The highest BCUT2D eigenvalue weighted by Gasteiger charge is 2.18. The molecule has 1 aromatic rings. The van der Waals surface area contributed by atoms with Gasteiger partial charge in [-0.3, -0.25) is 4.79 Å². The van der Waals surface area contributed by atoms with Crippen molar-refractivity contribution in [3.8, 4) is 5.75 Å². The van der Waals surface area contributed by atoms with Crippen molar-refractivity contribution in [3.05, 3.63) is 23.3 Å². The number of carbonyl (C=O) groups excluding carboxylic acids is 1. The van der Waals surface area contributed by atoms with E-state index in [-0.39, 0.29) is 12.5 Å². The van der Waals surface area contributed by atoms with Gasteiger partial charge in [-0.25, -0.2) is 0 Å². The maximum atomic E-state index is 11.1. The highest BCUT2D eigenvalue weighted by Crippen LogP contribution is 2.32. The first kappa shape index (κ1) is 9.02. The van der Waals surface area contributed by atoms with Crippen LogP contribution < -0.4 is 15.8 Å². The molecule has 1 aliphatic heterocycles. The Morgan fingerprint density at radius 3 is 3.07 bits per heavy atom. The van der Waals surface area contributed by atoms with E-state index in [1.165, 1.54) is 0 Å². The number of benzene rings is 1. The lowest BCUT2D eigenvalue weighted by molar-refractivity contribution is -0.118.